The van der Waals surface area contributed by atoms with E-state index in [0.717, 1.165) is 0 Å². The van der Waals surface area contributed by atoms with Gasteiger partial charge in [0.05, 0.1) is 134 Å². The summed E-state index contributed by atoms with van der Waals surface area (Å²) >= 11 is 0. The second kappa shape index (κ2) is 88.0. The molecule has 0 spiro atoms. The molecule has 0 aromatic carbocycles. The van der Waals surface area contributed by atoms with Crippen molar-refractivity contribution >= 4 is 0 Å². The number of aliphatic hydroxyl groups excluding tert-OH is 9. The van der Waals surface area contributed by atoms with Crippen LogP contribution in [0.1, 0.15) is 201 Å². The van der Waals surface area contributed by atoms with Crippen LogP contribution in [0.5, 0.6) is 0 Å². The van der Waals surface area contributed by atoms with E-state index in [1.165, 1.54) is 0 Å². The Hall–Kier alpha value is 10.2. The molecule has 27 unspecified atom stereocenters. The molecular formula is C69H154O22Y10. The number of hydrogen-bond donors (Lipinski definition) is 9. The summed E-state index contributed by atoms with van der Waals surface area (Å²) in [5.74, 6) is 0.705. The quantitative estimate of drug-likeness (QED) is 0.0290. The van der Waals surface area contributed by atoms with Gasteiger partial charge in [-0.25, -0.2) is 0 Å². The van der Waals surface area contributed by atoms with Crippen LogP contribution < -0.4 is 0 Å². The molecule has 27 atom stereocenters. The maximum absolute atomic E-state index is 9.71. The zero-order chi connectivity index (χ0) is 74.6. The number of ether oxygens (including phenoxy) is 13. The van der Waals surface area contributed by atoms with Crippen molar-refractivity contribution in [3.63, 3.8) is 0 Å². The van der Waals surface area contributed by atoms with Crippen LogP contribution in [0.25, 0.3) is 0 Å². The van der Waals surface area contributed by atoms with Crippen molar-refractivity contribution in [2.45, 2.75) is 346 Å². The molecule has 0 aromatic heterocycles. The number of rotatable bonds is 34. The van der Waals surface area contributed by atoms with Crippen molar-refractivity contribution in [1.82, 2.24) is 0 Å². The van der Waals surface area contributed by atoms with Gasteiger partial charge >= 0.3 is 0 Å². The van der Waals surface area contributed by atoms with Crippen LogP contribution in [0.2, 0.25) is 0 Å². The van der Waals surface area contributed by atoms with Crippen LogP contribution in [-0.4, -0.2) is 270 Å². The fourth-order valence-corrected chi connectivity index (χ4v) is 7.75. The average Bonchev–Trinajstić information content (AvgIpc) is 0.834. The second-order valence-corrected chi connectivity index (χ2v) is 25.7. The number of hydrogen-bond acceptors (Lipinski definition) is 22. The van der Waals surface area contributed by atoms with Gasteiger partial charge in [0.25, 0.3) is 0 Å². The molecule has 592 valence electrons. The molecule has 0 aromatic rings. The van der Waals surface area contributed by atoms with Gasteiger partial charge in [0.15, 0.2) is 0 Å². The molecule has 0 aliphatic rings. The zero-order valence-corrected chi connectivity index (χ0v) is 99.9. The molecule has 0 bridgehead atoms. The molecule has 0 heterocycles. The SMILES string of the molecule is COC(C)C(C)(C(C)O)C(C)O.COC(C)C(C)(C(C)O)C(C)OC.COC(C)C(C)(OC)C(C)O.COC(C)C(C)(OC)C(C)O.COC(C)C(C)C(C)O.COC(C)C(C)C(C)OC(C)C(C)C(C)O.COC(C)C(C)O.COC(C)C(C)OC(C)C(C)O.[Y].[Y].[Y].[Y].[Y].[Y].[Y].[Y].[Y].[Y]. The zero-order valence-electron chi connectivity index (χ0n) is 71.5. The second-order valence-electron chi connectivity index (χ2n) is 25.7. The maximum atomic E-state index is 9.71. The van der Waals surface area contributed by atoms with Gasteiger partial charge in [0, 0.05) is 434 Å². The minimum Gasteiger partial charge on any atom is -0.393 e. The fraction of sp³-hybridized carbons (Fsp3) is 1.00. The van der Waals surface area contributed by atoms with Crippen molar-refractivity contribution in [2.75, 3.05) is 78.2 Å². The topological polar surface area (TPSA) is 302 Å². The van der Waals surface area contributed by atoms with Gasteiger partial charge in [-0.15, -0.1) is 0 Å². The van der Waals surface area contributed by atoms with E-state index in [9.17, 15) is 30.6 Å². The Kier molecular flexibility index (Phi) is 135. The van der Waals surface area contributed by atoms with Crippen molar-refractivity contribution in [2.24, 2.45) is 28.6 Å². The summed E-state index contributed by atoms with van der Waals surface area (Å²) < 4.78 is 67.7. The first-order valence-electron chi connectivity index (χ1n) is 32.6. The molecular weight excluding hydrogens is 2070 g/mol. The van der Waals surface area contributed by atoms with Crippen LogP contribution in [-0.2, 0) is 389 Å². The summed E-state index contributed by atoms with van der Waals surface area (Å²) in [6, 6.07) is 0. The third-order valence-corrected chi connectivity index (χ3v) is 20.1. The summed E-state index contributed by atoms with van der Waals surface area (Å²) in [4.78, 5) is 0. The van der Waals surface area contributed by atoms with Gasteiger partial charge in [-0.3, -0.25) is 0 Å². The molecule has 9 N–H and O–H groups in total. The molecule has 0 amide bonds. The normalized spacial score (nSPS) is 20.2. The van der Waals surface area contributed by atoms with Crippen LogP contribution >= 0.6 is 0 Å². The third-order valence-electron chi connectivity index (χ3n) is 20.1. The first-order chi connectivity index (χ1) is 41.3. The van der Waals surface area contributed by atoms with E-state index in [2.05, 4.69) is 13.8 Å². The molecule has 22 nitrogen and oxygen atoms in total. The van der Waals surface area contributed by atoms with Crippen LogP contribution in [0, 0.1) is 28.6 Å². The Bertz CT molecular complexity index is 1580. The third kappa shape index (κ3) is 67.5. The predicted octanol–water partition coefficient (Wildman–Crippen LogP) is 8.93. The fourth-order valence-electron chi connectivity index (χ4n) is 7.75. The monoisotopic (exact) mass is 2220 g/mol. The van der Waals surface area contributed by atoms with E-state index in [-0.39, 0.29) is 442 Å². The van der Waals surface area contributed by atoms with Gasteiger partial charge < -0.3 is 108 Å². The molecule has 0 aliphatic heterocycles. The Morgan fingerprint density at radius 2 is 0.406 bits per heavy atom. The van der Waals surface area contributed by atoms with E-state index in [1.807, 2.05) is 125 Å². The smallest absolute Gasteiger partial charge is 0.116 e. The van der Waals surface area contributed by atoms with Crippen molar-refractivity contribution in [1.29, 1.82) is 0 Å². The summed E-state index contributed by atoms with van der Waals surface area (Å²) in [6.45, 7) is 54.1. The van der Waals surface area contributed by atoms with Gasteiger partial charge in [-0.05, 0) is 166 Å². The van der Waals surface area contributed by atoms with E-state index in [0.29, 0.717) is 5.92 Å². The molecule has 32 heteroatoms. The number of methoxy groups -OCH3 is 11. The Morgan fingerprint density at radius 3 is 0.554 bits per heavy atom. The maximum Gasteiger partial charge on any atom is 0.116 e. The first kappa shape index (κ1) is 155. The molecule has 101 heavy (non-hydrogen) atoms. The molecule has 0 saturated carbocycles. The van der Waals surface area contributed by atoms with Crippen molar-refractivity contribution in [3.05, 3.63) is 0 Å². The molecule has 0 aliphatic carbocycles. The molecule has 0 fully saturated rings. The minimum atomic E-state index is -0.616. The largest absolute Gasteiger partial charge is 0.393 e. The molecule has 0 saturated heterocycles. The van der Waals surface area contributed by atoms with Gasteiger partial charge in [-0.1, -0.05) is 34.6 Å². The standard InChI is InChI=1S/C13H28O3.C10H22O3.2C9H20O3.2C8H18O3.C7H16O2.C5H12O2.10Y/c1-8(10(3)14)12(5)16-13(6)9(2)11(4)15-7;1-7(11)10(4,8(2)12-5)9(3)13-6;1-6(10)9(4,7(2)11)8(3)12-5;1-6(10)7(2)12-9(4)8(3)11-5;2*1-6(9)8(3,11-5)7(2)10-4;1-5(6(2)8)7(3)9-4;1-4(6)5(2)7-3;;;;;;;;;;/h8-14H,1-7H3;7-9,11H,1-6H3;6-8,10-11H,1-5H3;6-10H,1-5H3;2*6-7,9H,1-5H3;5-8H,1-4H3;4-6H,1-3H3;;;;;;;;;;. The predicted molar refractivity (Wildman–Crippen MR) is 368 cm³/mol. The van der Waals surface area contributed by atoms with Gasteiger partial charge in [-0.2, -0.15) is 0 Å². The Morgan fingerprint density at radius 1 is 0.198 bits per heavy atom. The van der Waals surface area contributed by atoms with Crippen LogP contribution in [0.3, 0.4) is 0 Å². The Labute approximate surface area is 872 Å². The van der Waals surface area contributed by atoms with Crippen LogP contribution in [0.4, 0.5) is 0 Å². The summed E-state index contributed by atoms with van der Waals surface area (Å²) in [6.07, 6.45) is -4.20. The first-order valence-corrected chi connectivity index (χ1v) is 32.6. The van der Waals surface area contributed by atoms with Crippen molar-refractivity contribution < 1.29 is 435 Å². The van der Waals surface area contributed by atoms with E-state index >= 15 is 0 Å². The van der Waals surface area contributed by atoms with Crippen LogP contribution in [0.15, 0.2) is 0 Å². The van der Waals surface area contributed by atoms with E-state index in [1.54, 1.807) is 141 Å². The molecule has 10 radical (unpaired) electrons. The van der Waals surface area contributed by atoms with Gasteiger partial charge in [0.1, 0.15) is 11.2 Å². The summed E-state index contributed by atoms with van der Waals surface area (Å²) in [5, 5.41) is 83.8. The van der Waals surface area contributed by atoms with E-state index < -0.39 is 53.2 Å². The molecule has 0 rings (SSSR count). The number of aliphatic hydroxyl groups is 9. The van der Waals surface area contributed by atoms with Gasteiger partial charge in [0.2, 0.25) is 0 Å². The van der Waals surface area contributed by atoms with Crippen molar-refractivity contribution in [3.8, 4) is 0 Å². The Balaban J connectivity index is -0.0000000484. The minimum absolute atomic E-state index is 0. The summed E-state index contributed by atoms with van der Waals surface area (Å²) in [7, 11) is 17.8. The average molecular weight is 2230 g/mol. The van der Waals surface area contributed by atoms with E-state index in [4.69, 9.17) is 76.9 Å². The summed E-state index contributed by atoms with van der Waals surface area (Å²) in [5.41, 5.74) is -2.21.